The van der Waals surface area contributed by atoms with Crippen LogP contribution in [0.1, 0.15) is 16.3 Å². The normalized spacial score (nSPS) is 10.4. The maximum atomic E-state index is 11.3. The number of rotatable bonds is 5. The fourth-order valence-electron chi connectivity index (χ4n) is 1.81. The minimum Gasteiger partial charge on any atom is -0.486 e. The van der Waals surface area contributed by atoms with Gasteiger partial charge in [-0.1, -0.05) is 0 Å². The predicted octanol–water partition coefficient (Wildman–Crippen LogP) is 2.70. The average Bonchev–Trinajstić information content (AvgIpc) is 3.24. The Balaban J connectivity index is 1.62. The molecular weight excluding hydrogens is 288 g/mol. The number of methoxy groups -OCH3 is 1. The van der Waals surface area contributed by atoms with Crippen LogP contribution in [-0.2, 0) is 11.3 Å². The molecule has 7 heteroatoms. The summed E-state index contributed by atoms with van der Waals surface area (Å²) in [5.74, 6) is 1.25. The fraction of sp³-hybridized carbons (Fsp3) is 0.133. The highest BCUT2D eigenvalue weighted by atomic mass is 16.5. The Bertz CT molecular complexity index is 747. The second-order valence-electron chi connectivity index (χ2n) is 4.31. The lowest BCUT2D eigenvalue weighted by molar-refractivity contribution is 0.0561. The molecule has 3 aromatic rings. The number of benzene rings is 1. The average molecular weight is 300 g/mol. The van der Waals surface area contributed by atoms with Crippen LogP contribution in [0, 0.1) is 0 Å². The summed E-state index contributed by atoms with van der Waals surface area (Å²) in [6.45, 7) is 0.205. The molecule has 2 aromatic heterocycles. The molecular formula is C15H12N2O5. The van der Waals surface area contributed by atoms with E-state index in [9.17, 15) is 4.79 Å². The van der Waals surface area contributed by atoms with Crippen molar-refractivity contribution in [3.05, 3.63) is 54.3 Å². The number of aromatic nitrogens is 2. The highest BCUT2D eigenvalue weighted by molar-refractivity contribution is 5.86. The van der Waals surface area contributed by atoms with Crippen LogP contribution >= 0.6 is 0 Å². The van der Waals surface area contributed by atoms with Crippen LogP contribution in [0.15, 0.2) is 51.6 Å². The summed E-state index contributed by atoms with van der Waals surface area (Å²) in [5.41, 5.74) is 0.802. The van der Waals surface area contributed by atoms with E-state index in [1.54, 1.807) is 24.3 Å². The predicted molar refractivity (Wildman–Crippen MR) is 74.1 cm³/mol. The van der Waals surface area contributed by atoms with Crippen LogP contribution in [0.2, 0.25) is 0 Å². The summed E-state index contributed by atoms with van der Waals surface area (Å²) in [4.78, 5) is 11.3. The van der Waals surface area contributed by atoms with Crippen molar-refractivity contribution < 1.29 is 23.1 Å². The van der Waals surface area contributed by atoms with E-state index in [1.807, 2.05) is 12.1 Å². The monoisotopic (exact) mass is 300 g/mol. The molecule has 0 unspecified atom stereocenters. The second-order valence-corrected chi connectivity index (χ2v) is 4.31. The first-order valence-corrected chi connectivity index (χ1v) is 6.42. The van der Waals surface area contributed by atoms with Crippen LogP contribution in [0.25, 0.3) is 11.5 Å². The third kappa shape index (κ3) is 2.98. The molecule has 22 heavy (non-hydrogen) atoms. The Morgan fingerprint density at radius 1 is 1.18 bits per heavy atom. The van der Waals surface area contributed by atoms with Gasteiger partial charge in [0.05, 0.1) is 7.11 Å². The van der Waals surface area contributed by atoms with Gasteiger partial charge in [-0.05, 0) is 36.4 Å². The molecule has 0 amide bonds. The molecule has 7 nitrogen and oxygen atoms in total. The van der Waals surface area contributed by atoms with Gasteiger partial charge in [-0.25, -0.2) is 4.79 Å². The second kappa shape index (κ2) is 6.13. The zero-order valence-corrected chi connectivity index (χ0v) is 11.7. The first-order chi connectivity index (χ1) is 10.8. The van der Waals surface area contributed by atoms with E-state index in [4.69, 9.17) is 13.6 Å². The van der Waals surface area contributed by atoms with Gasteiger partial charge in [0, 0.05) is 5.56 Å². The minimum absolute atomic E-state index is 0.146. The summed E-state index contributed by atoms with van der Waals surface area (Å²) in [7, 11) is 1.30. The molecule has 0 aliphatic heterocycles. The summed E-state index contributed by atoms with van der Waals surface area (Å²) in [6, 6.07) is 10.4. The summed E-state index contributed by atoms with van der Waals surface area (Å²) >= 11 is 0. The number of hydrogen-bond donors (Lipinski definition) is 0. The number of ether oxygens (including phenoxy) is 2. The quantitative estimate of drug-likeness (QED) is 0.669. The first kappa shape index (κ1) is 13.9. The number of esters is 1. The molecule has 0 N–H and O–H groups in total. The maximum absolute atomic E-state index is 11.3. The van der Waals surface area contributed by atoms with Gasteiger partial charge in [-0.2, -0.15) is 0 Å². The van der Waals surface area contributed by atoms with Crippen molar-refractivity contribution in [3.63, 3.8) is 0 Å². The van der Waals surface area contributed by atoms with Crippen LogP contribution in [0.5, 0.6) is 5.75 Å². The van der Waals surface area contributed by atoms with E-state index >= 15 is 0 Å². The number of carbonyl (C=O) groups excluding carboxylic acids is 1. The molecule has 0 aliphatic rings. The molecule has 0 radical (unpaired) electrons. The molecule has 0 bridgehead atoms. The molecule has 0 saturated carbocycles. The summed E-state index contributed by atoms with van der Waals surface area (Å²) in [6.07, 6.45) is 1.27. The highest BCUT2D eigenvalue weighted by Crippen LogP contribution is 2.21. The third-order valence-electron chi connectivity index (χ3n) is 2.89. The van der Waals surface area contributed by atoms with Crippen molar-refractivity contribution in [1.82, 2.24) is 10.2 Å². The Morgan fingerprint density at radius 2 is 2.00 bits per heavy atom. The van der Waals surface area contributed by atoms with Crippen LogP contribution in [-0.4, -0.2) is 23.3 Å². The maximum Gasteiger partial charge on any atom is 0.373 e. The Kier molecular flexibility index (Phi) is 3.86. The van der Waals surface area contributed by atoms with Crippen molar-refractivity contribution in [2.24, 2.45) is 0 Å². The summed E-state index contributed by atoms with van der Waals surface area (Å²) < 4.78 is 20.6. The minimum atomic E-state index is -0.518. The van der Waals surface area contributed by atoms with Gasteiger partial charge in [-0.3, -0.25) is 0 Å². The van der Waals surface area contributed by atoms with Crippen molar-refractivity contribution in [2.45, 2.75) is 6.61 Å². The molecule has 112 valence electrons. The van der Waals surface area contributed by atoms with E-state index in [1.165, 1.54) is 13.5 Å². The zero-order chi connectivity index (χ0) is 15.4. The van der Waals surface area contributed by atoms with Crippen molar-refractivity contribution >= 4 is 5.97 Å². The van der Waals surface area contributed by atoms with Crippen molar-refractivity contribution in [1.29, 1.82) is 0 Å². The zero-order valence-electron chi connectivity index (χ0n) is 11.7. The SMILES string of the molecule is COC(=O)c1ccc(COc2ccc(-c3nnco3)cc2)o1. The van der Waals surface area contributed by atoms with Crippen LogP contribution in [0.4, 0.5) is 0 Å². The number of furan rings is 1. The van der Waals surface area contributed by atoms with E-state index in [-0.39, 0.29) is 12.4 Å². The summed E-state index contributed by atoms with van der Waals surface area (Å²) in [5, 5.41) is 7.44. The molecule has 2 heterocycles. The van der Waals surface area contributed by atoms with Crippen molar-refractivity contribution in [2.75, 3.05) is 7.11 Å². The molecule has 0 atom stereocenters. The van der Waals surface area contributed by atoms with E-state index < -0.39 is 5.97 Å². The van der Waals surface area contributed by atoms with Gasteiger partial charge < -0.3 is 18.3 Å². The molecule has 3 rings (SSSR count). The molecule has 0 aliphatic carbocycles. The van der Waals surface area contributed by atoms with E-state index in [0.717, 1.165) is 5.56 Å². The first-order valence-electron chi connectivity index (χ1n) is 6.42. The van der Waals surface area contributed by atoms with E-state index in [0.29, 0.717) is 17.4 Å². The largest absolute Gasteiger partial charge is 0.486 e. The van der Waals surface area contributed by atoms with Gasteiger partial charge >= 0.3 is 5.97 Å². The molecule has 1 aromatic carbocycles. The fourth-order valence-corrected chi connectivity index (χ4v) is 1.81. The van der Waals surface area contributed by atoms with Gasteiger partial charge in [0.2, 0.25) is 18.0 Å². The number of nitrogens with zero attached hydrogens (tertiary/aromatic N) is 2. The smallest absolute Gasteiger partial charge is 0.373 e. The van der Waals surface area contributed by atoms with Gasteiger partial charge in [-0.15, -0.1) is 10.2 Å². The highest BCUT2D eigenvalue weighted by Gasteiger charge is 2.11. The van der Waals surface area contributed by atoms with E-state index in [2.05, 4.69) is 14.9 Å². The van der Waals surface area contributed by atoms with Gasteiger partial charge in [0.15, 0.2) is 0 Å². The van der Waals surface area contributed by atoms with Gasteiger partial charge in [0.25, 0.3) is 0 Å². The van der Waals surface area contributed by atoms with Crippen LogP contribution < -0.4 is 4.74 Å². The lowest BCUT2D eigenvalue weighted by Gasteiger charge is -2.04. The third-order valence-corrected chi connectivity index (χ3v) is 2.89. The lowest BCUT2D eigenvalue weighted by Crippen LogP contribution is -1.99. The Hall–Kier alpha value is -3.09. The number of hydrogen-bond acceptors (Lipinski definition) is 7. The van der Waals surface area contributed by atoms with Gasteiger partial charge in [0.1, 0.15) is 18.1 Å². The Labute approximate surface area is 125 Å². The molecule has 0 spiro atoms. The Morgan fingerprint density at radius 3 is 2.68 bits per heavy atom. The topological polar surface area (TPSA) is 87.6 Å². The van der Waals surface area contributed by atoms with Crippen LogP contribution in [0.3, 0.4) is 0 Å². The van der Waals surface area contributed by atoms with Crippen molar-refractivity contribution in [3.8, 4) is 17.2 Å². The standard InChI is InChI=1S/C15H12N2O5/c1-19-15(18)13-7-6-12(22-13)8-20-11-4-2-10(3-5-11)14-17-16-9-21-14/h2-7,9H,8H2,1H3. The lowest BCUT2D eigenvalue weighted by atomic mass is 10.2. The molecule has 0 saturated heterocycles. The number of carbonyl (C=O) groups is 1. The molecule has 0 fully saturated rings.